The van der Waals surface area contributed by atoms with Crippen LogP contribution in [0, 0.1) is 13.8 Å². The van der Waals surface area contributed by atoms with Crippen molar-refractivity contribution in [2.75, 3.05) is 7.11 Å². The molecule has 4 rings (SSSR count). The summed E-state index contributed by atoms with van der Waals surface area (Å²) in [5.74, 6) is -0.603. The first-order valence-electron chi connectivity index (χ1n) is 10.4. The van der Waals surface area contributed by atoms with Crippen molar-refractivity contribution in [3.63, 3.8) is 0 Å². The third-order valence-electron chi connectivity index (χ3n) is 6.26. The van der Waals surface area contributed by atoms with Gasteiger partial charge in [0.1, 0.15) is 11.5 Å². The van der Waals surface area contributed by atoms with Crippen LogP contribution in [0.25, 0.3) is 5.76 Å². The van der Waals surface area contributed by atoms with Crippen molar-refractivity contribution in [1.29, 1.82) is 0 Å². The summed E-state index contributed by atoms with van der Waals surface area (Å²) in [5, 5.41) is 11.3. The van der Waals surface area contributed by atoms with Crippen LogP contribution in [0.4, 0.5) is 0 Å². The van der Waals surface area contributed by atoms with Crippen molar-refractivity contribution < 1.29 is 19.4 Å². The molecule has 0 aromatic heterocycles. The van der Waals surface area contributed by atoms with E-state index in [1.807, 2.05) is 56.3 Å². The van der Waals surface area contributed by atoms with Crippen molar-refractivity contribution in [1.82, 2.24) is 4.90 Å². The molecular weight excluding hydrogens is 378 g/mol. The summed E-state index contributed by atoms with van der Waals surface area (Å²) in [7, 11) is 1.59. The molecule has 1 atom stereocenters. The minimum absolute atomic E-state index is 0.00144. The Morgan fingerprint density at radius 3 is 2.50 bits per heavy atom. The molecule has 2 aliphatic rings. The number of amides is 1. The first kappa shape index (κ1) is 20.2. The van der Waals surface area contributed by atoms with Gasteiger partial charge in [0.05, 0.1) is 18.7 Å². The summed E-state index contributed by atoms with van der Waals surface area (Å²) < 4.78 is 5.38. The molecule has 0 radical (unpaired) electrons. The van der Waals surface area contributed by atoms with Crippen molar-refractivity contribution in [3.05, 3.63) is 70.3 Å². The lowest BCUT2D eigenvalue weighted by atomic mass is 9.92. The first-order valence-corrected chi connectivity index (χ1v) is 10.4. The molecule has 1 saturated heterocycles. The summed E-state index contributed by atoms with van der Waals surface area (Å²) in [5.41, 5.74) is 3.35. The molecule has 156 valence electrons. The van der Waals surface area contributed by atoms with Crippen molar-refractivity contribution in [2.24, 2.45) is 0 Å². The summed E-state index contributed by atoms with van der Waals surface area (Å²) in [6.07, 6.45) is 3.82. The Bertz CT molecular complexity index is 1030. The van der Waals surface area contributed by atoms with Crippen LogP contribution in [0.15, 0.2) is 48.0 Å². The highest BCUT2D eigenvalue weighted by molar-refractivity contribution is 6.46. The third kappa shape index (κ3) is 3.38. The average Bonchev–Trinajstić information content (AvgIpc) is 3.36. The highest BCUT2D eigenvalue weighted by Gasteiger charge is 2.49. The fraction of sp³-hybridized carbons (Fsp3) is 0.360. The number of Topliss-reactive ketones (excluding diaryl/α,β-unsaturated/α-hetero) is 1. The van der Waals surface area contributed by atoms with E-state index in [0.29, 0.717) is 11.3 Å². The van der Waals surface area contributed by atoms with Gasteiger partial charge in [0, 0.05) is 11.6 Å². The van der Waals surface area contributed by atoms with Gasteiger partial charge in [-0.05, 0) is 56.0 Å². The van der Waals surface area contributed by atoms with E-state index in [-0.39, 0.29) is 17.4 Å². The van der Waals surface area contributed by atoms with E-state index in [9.17, 15) is 14.7 Å². The molecule has 2 aromatic carbocycles. The number of aliphatic hydroxyl groups is 1. The number of aliphatic hydroxyl groups excluding tert-OH is 1. The van der Waals surface area contributed by atoms with E-state index in [0.717, 1.165) is 42.4 Å². The Balaban J connectivity index is 1.93. The van der Waals surface area contributed by atoms with E-state index < -0.39 is 17.7 Å². The Hall–Kier alpha value is -3.08. The van der Waals surface area contributed by atoms with Crippen molar-refractivity contribution in [3.8, 4) is 5.75 Å². The third-order valence-corrected chi connectivity index (χ3v) is 6.26. The molecule has 30 heavy (non-hydrogen) atoms. The second kappa shape index (κ2) is 7.98. The lowest BCUT2D eigenvalue weighted by molar-refractivity contribution is -0.141. The molecule has 1 amide bonds. The second-order valence-electron chi connectivity index (χ2n) is 8.24. The molecule has 1 aliphatic heterocycles. The van der Waals surface area contributed by atoms with Gasteiger partial charge in [0.25, 0.3) is 11.7 Å². The molecule has 5 nitrogen and oxygen atoms in total. The molecule has 0 bridgehead atoms. The normalized spacial score (nSPS) is 21.4. The van der Waals surface area contributed by atoms with Gasteiger partial charge < -0.3 is 14.7 Å². The predicted octanol–water partition coefficient (Wildman–Crippen LogP) is 4.68. The number of ether oxygens (including phenoxy) is 1. The Morgan fingerprint density at radius 2 is 1.80 bits per heavy atom. The number of hydrogen-bond donors (Lipinski definition) is 1. The zero-order chi connectivity index (χ0) is 21.4. The maximum Gasteiger partial charge on any atom is 0.295 e. The molecule has 1 aliphatic carbocycles. The van der Waals surface area contributed by atoms with Crippen LogP contribution in [-0.2, 0) is 9.59 Å². The van der Waals surface area contributed by atoms with Crippen LogP contribution >= 0.6 is 0 Å². The van der Waals surface area contributed by atoms with Gasteiger partial charge in [-0.25, -0.2) is 0 Å². The standard InChI is InChI=1S/C25H27NO4/c1-15-11-12-16(2)20(13-15)23(27)21-22(17-7-6-10-19(14-17)30-3)26(25(29)24(21)28)18-8-4-5-9-18/h6-7,10-14,18,22,27H,4-5,8-9H2,1-3H3/b23-21+. The summed E-state index contributed by atoms with van der Waals surface area (Å²) in [4.78, 5) is 28.0. The number of ketones is 1. The van der Waals surface area contributed by atoms with Crippen molar-refractivity contribution in [2.45, 2.75) is 51.6 Å². The van der Waals surface area contributed by atoms with Gasteiger partial charge in [-0.2, -0.15) is 0 Å². The van der Waals surface area contributed by atoms with Crippen LogP contribution in [0.5, 0.6) is 5.75 Å². The van der Waals surface area contributed by atoms with E-state index in [1.54, 1.807) is 12.0 Å². The number of carbonyl (C=O) groups is 2. The second-order valence-corrected chi connectivity index (χ2v) is 8.24. The number of rotatable bonds is 4. The van der Waals surface area contributed by atoms with Gasteiger partial charge in [-0.15, -0.1) is 0 Å². The zero-order valence-corrected chi connectivity index (χ0v) is 17.6. The smallest absolute Gasteiger partial charge is 0.295 e. The predicted molar refractivity (Wildman–Crippen MR) is 115 cm³/mol. The van der Waals surface area contributed by atoms with Gasteiger partial charge in [-0.3, -0.25) is 9.59 Å². The largest absolute Gasteiger partial charge is 0.507 e. The Morgan fingerprint density at radius 1 is 1.07 bits per heavy atom. The Labute approximate surface area is 177 Å². The molecular formula is C25H27NO4. The minimum atomic E-state index is -0.622. The molecule has 0 spiro atoms. The molecule has 1 heterocycles. The number of nitrogens with zero attached hydrogens (tertiary/aromatic N) is 1. The van der Waals surface area contributed by atoms with E-state index in [1.165, 1.54) is 0 Å². The first-order chi connectivity index (χ1) is 14.4. The van der Waals surface area contributed by atoms with Crippen molar-refractivity contribution >= 4 is 17.4 Å². The van der Waals surface area contributed by atoms with Crippen LogP contribution < -0.4 is 4.74 Å². The average molecular weight is 405 g/mol. The highest BCUT2D eigenvalue weighted by Crippen LogP contribution is 2.44. The van der Waals surface area contributed by atoms with Gasteiger partial charge >= 0.3 is 0 Å². The summed E-state index contributed by atoms with van der Waals surface area (Å²) >= 11 is 0. The van der Waals surface area contributed by atoms with Crippen LogP contribution in [0.2, 0.25) is 0 Å². The number of aryl methyl sites for hydroxylation is 2. The monoisotopic (exact) mass is 405 g/mol. The fourth-order valence-corrected chi connectivity index (χ4v) is 4.68. The molecule has 5 heteroatoms. The molecule has 1 unspecified atom stereocenters. The van der Waals surface area contributed by atoms with Crippen LogP contribution in [-0.4, -0.2) is 34.8 Å². The Kier molecular flexibility index (Phi) is 5.37. The minimum Gasteiger partial charge on any atom is -0.507 e. The SMILES string of the molecule is COc1cccc(C2/C(=C(\O)c3cc(C)ccc3C)C(=O)C(=O)N2C2CCCC2)c1. The maximum absolute atomic E-state index is 13.2. The van der Waals surface area contributed by atoms with Gasteiger partial charge in [0.2, 0.25) is 0 Å². The lowest BCUT2D eigenvalue weighted by Gasteiger charge is -2.31. The van der Waals surface area contributed by atoms with E-state index in [2.05, 4.69) is 0 Å². The molecule has 1 N–H and O–H groups in total. The topological polar surface area (TPSA) is 66.8 Å². The molecule has 2 aromatic rings. The highest BCUT2D eigenvalue weighted by atomic mass is 16.5. The molecule has 2 fully saturated rings. The number of likely N-dealkylation sites (tertiary alicyclic amines) is 1. The number of methoxy groups -OCH3 is 1. The van der Waals surface area contributed by atoms with E-state index >= 15 is 0 Å². The van der Waals surface area contributed by atoms with Crippen LogP contribution in [0.3, 0.4) is 0 Å². The number of benzene rings is 2. The zero-order valence-electron chi connectivity index (χ0n) is 17.6. The number of carbonyl (C=O) groups excluding carboxylic acids is 2. The van der Waals surface area contributed by atoms with Gasteiger partial charge in [0.15, 0.2) is 0 Å². The summed E-state index contributed by atoms with van der Waals surface area (Å²) in [6.45, 7) is 3.83. The fourth-order valence-electron chi connectivity index (χ4n) is 4.68. The molecule has 1 saturated carbocycles. The van der Waals surface area contributed by atoms with E-state index in [4.69, 9.17) is 4.74 Å². The number of hydrogen-bond acceptors (Lipinski definition) is 4. The van der Waals surface area contributed by atoms with Crippen LogP contribution in [0.1, 0.15) is 54.0 Å². The lowest BCUT2D eigenvalue weighted by Crippen LogP contribution is -2.37. The quantitative estimate of drug-likeness (QED) is 0.456. The summed E-state index contributed by atoms with van der Waals surface area (Å²) in [6, 6.07) is 12.5. The van der Waals surface area contributed by atoms with Gasteiger partial charge in [-0.1, -0.05) is 42.7 Å². The maximum atomic E-state index is 13.2.